The number of fused-ring (bicyclic) bond motifs is 3. The number of piperidine rings is 1. The molecule has 0 unspecified atom stereocenters. The van der Waals surface area contributed by atoms with Crippen molar-refractivity contribution in [2.45, 2.75) is 114 Å². The van der Waals surface area contributed by atoms with Gasteiger partial charge in [-0.2, -0.15) is 0 Å². The van der Waals surface area contributed by atoms with Gasteiger partial charge in [-0.3, -0.25) is 28.8 Å². The molecule has 1 aliphatic carbocycles. The number of anilines is 3. The van der Waals surface area contributed by atoms with Gasteiger partial charge in [0.15, 0.2) is 5.82 Å². The summed E-state index contributed by atoms with van der Waals surface area (Å²) >= 11 is 0. The zero-order valence-electron chi connectivity index (χ0n) is 31.8. The number of rotatable bonds is 7. The maximum Gasteiger partial charge on any atom is 0.330 e. The predicted octanol–water partition coefficient (Wildman–Crippen LogP) is 1.32. The number of ether oxygens (including phenoxy) is 2. The summed E-state index contributed by atoms with van der Waals surface area (Å²) in [5, 5.41) is 45.3. The fourth-order valence-electron chi connectivity index (χ4n) is 7.46. The van der Waals surface area contributed by atoms with E-state index in [-0.39, 0.29) is 24.9 Å². The summed E-state index contributed by atoms with van der Waals surface area (Å²) in [6.45, 7) is 6.14. The number of hydrogen-bond acceptors (Lipinski definition) is 15. The van der Waals surface area contributed by atoms with Crippen molar-refractivity contribution in [1.82, 2.24) is 24.4 Å². The van der Waals surface area contributed by atoms with E-state index < -0.39 is 60.1 Å². The second kappa shape index (κ2) is 17.9. The number of amides is 1. The highest BCUT2D eigenvalue weighted by Gasteiger charge is 2.49. The average Bonchev–Trinajstić information content (AvgIpc) is 3.86. The largest absolute Gasteiger partial charge is 0.458 e. The maximum absolute atomic E-state index is 12.4. The number of H-pyrrole nitrogens is 1. The summed E-state index contributed by atoms with van der Waals surface area (Å²) in [4.78, 5) is 64.6. The first-order valence-corrected chi connectivity index (χ1v) is 19.0. The molecule has 20 nitrogen and oxygen atoms in total. The van der Waals surface area contributed by atoms with E-state index in [9.17, 15) is 34.5 Å². The highest BCUT2D eigenvalue weighted by atomic mass is 16.6. The van der Waals surface area contributed by atoms with E-state index in [0.29, 0.717) is 55.3 Å². The summed E-state index contributed by atoms with van der Waals surface area (Å²) in [7, 11) is 0. The molecular weight excluding hydrogens is 744 g/mol. The summed E-state index contributed by atoms with van der Waals surface area (Å²) in [6.07, 6.45) is 4.10. The Kier molecular flexibility index (Phi) is 13.0. The van der Waals surface area contributed by atoms with Crippen LogP contribution in [0.4, 0.5) is 17.3 Å². The minimum atomic E-state index is -1.13. The van der Waals surface area contributed by atoms with Crippen molar-refractivity contribution >= 4 is 29.2 Å². The molecule has 6 N–H and O–H groups in total. The number of aromatic nitrogens is 4. The number of hydrogen-bond donors (Lipinski definition) is 6. The lowest BCUT2D eigenvalue weighted by atomic mass is 9.93. The van der Waals surface area contributed by atoms with Gasteiger partial charge >= 0.3 is 11.7 Å². The van der Waals surface area contributed by atoms with Crippen molar-refractivity contribution in [1.29, 1.82) is 0 Å². The molecule has 0 radical (unpaired) electrons. The van der Waals surface area contributed by atoms with Gasteiger partial charge < -0.3 is 40.1 Å². The van der Waals surface area contributed by atoms with Crippen molar-refractivity contribution in [2.24, 2.45) is 5.11 Å². The van der Waals surface area contributed by atoms with Crippen molar-refractivity contribution in [3.05, 3.63) is 84.8 Å². The number of nitrogens with one attached hydrogen (secondary N) is 2. The molecule has 8 rings (SSSR count). The standard InChI is InChI=1S/C15H14N4O.C12H21NO5.C10H13N5O4/c1-9-6-8-17-14-12(9)18-15(20)11-3-2-7-16-13(11)19(14)10-4-5-10;1-2-3-9(15)18-8-6-13-5-4-7(14)10(13)12(17)11(8)16;1-5-3-15(10(18)12-9(5)17)8-2-6(13-14-11)7(4-16)19-8/h2-3,6-8,10H,4-5H2,1H3,(H,18,20);7-8,10-12,14,16-17H,2-6H2,1H3;3,6-8,16H,2,4H2,1H3,(H,12,17,18)/t;7-,8-,10+,11+,12+;6-,7+,8+/m.00/s1. The fourth-order valence-corrected chi connectivity index (χ4v) is 7.46. The molecule has 0 aromatic carbocycles. The Morgan fingerprint density at radius 1 is 1.07 bits per heavy atom. The van der Waals surface area contributed by atoms with Crippen LogP contribution < -0.4 is 21.5 Å². The quantitative estimate of drug-likeness (QED) is 0.0852. The molecule has 3 saturated heterocycles. The summed E-state index contributed by atoms with van der Waals surface area (Å²) in [5.41, 5.74) is 10.2. The molecule has 3 aromatic rings. The number of aliphatic hydroxyl groups is 4. The molecule has 20 heteroatoms. The van der Waals surface area contributed by atoms with Gasteiger partial charge in [-0.05, 0) is 68.8 Å². The lowest BCUT2D eigenvalue weighted by Crippen LogP contribution is -2.62. The second-order valence-corrected chi connectivity index (χ2v) is 14.7. The number of carbonyl (C=O) groups is 2. The van der Waals surface area contributed by atoms with Crippen LogP contribution in [0.2, 0.25) is 0 Å². The second-order valence-electron chi connectivity index (χ2n) is 14.7. The van der Waals surface area contributed by atoms with Gasteiger partial charge in [0.1, 0.15) is 30.4 Å². The zero-order chi connectivity index (χ0) is 41.0. The van der Waals surface area contributed by atoms with Gasteiger partial charge in [-0.15, -0.1) is 0 Å². The van der Waals surface area contributed by atoms with Crippen molar-refractivity contribution < 1.29 is 39.5 Å². The summed E-state index contributed by atoms with van der Waals surface area (Å²) < 4.78 is 11.9. The van der Waals surface area contributed by atoms with Crippen LogP contribution in [-0.2, 0) is 14.3 Å². The molecule has 0 bridgehead atoms. The SMILES string of the molecule is CCCC(=O)O[C@H]1CN2CC[C@H](O)[C@@H]2[C@@H](O)[C@@H]1O.Cc1ccnc2c1NC(=O)c1cccnc1N2C1CC1.Cc1cn([C@H]2C[C@H](N=[N+]=[N-])[C@@H](CO)O2)c(=O)[nH]c1=O. The molecule has 4 aliphatic heterocycles. The molecule has 1 saturated carbocycles. The molecule has 306 valence electrons. The van der Waals surface area contributed by atoms with Gasteiger partial charge in [0.25, 0.3) is 11.5 Å². The van der Waals surface area contributed by atoms with E-state index in [1.165, 1.54) is 10.8 Å². The first-order valence-electron chi connectivity index (χ1n) is 19.0. The number of esters is 1. The molecule has 57 heavy (non-hydrogen) atoms. The number of pyridine rings is 2. The van der Waals surface area contributed by atoms with Crippen molar-refractivity contribution in [2.75, 3.05) is 29.9 Å². The monoisotopic (exact) mass is 792 g/mol. The third-order valence-corrected chi connectivity index (χ3v) is 10.6. The molecule has 3 aromatic heterocycles. The average molecular weight is 793 g/mol. The molecule has 8 atom stereocenters. The highest BCUT2D eigenvalue weighted by molar-refractivity contribution is 6.11. The molecular formula is C37H48N10O10. The maximum atomic E-state index is 12.4. The van der Waals surface area contributed by atoms with Gasteiger partial charge in [0.2, 0.25) is 0 Å². The third kappa shape index (κ3) is 9.02. The van der Waals surface area contributed by atoms with Crippen molar-refractivity contribution in [3.8, 4) is 0 Å². The Balaban J connectivity index is 0.000000145. The van der Waals surface area contributed by atoms with Crippen molar-refractivity contribution in [3.63, 3.8) is 0 Å². The van der Waals surface area contributed by atoms with E-state index in [1.807, 2.05) is 30.9 Å². The first-order chi connectivity index (χ1) is 27.4. The number of aromatic amines is 1. The predicted molar refractivity (Wildman–Crippen MR) is 204 cm³/mol. The summed E-state index contributed by atoms with van der Waals surface area (Å²) in [5.74, 6) is 1.04. The molecule has 1 amide bonds. The Morgan fingerprint density at radius 3 is 2.53 bits per heavy atom. The van der Waals surface area contributed by atoms with E-state index in [0.717, 1.165) is 29.9 Å². The molecule has 0 spiro atoms. The first kappa shape index (κ1) is 41.4. The Bertz CT molecular complexity index is 2100. The lowest BCUT2D eigenvalue weighted by Gasteiger charge is -2.42. The van der Waals surface area contributed by atoms with Crippen LogP contribution in [0.3, 0.4) is 0 Å². The molecule has 7 heterocycles. The number of azide groups is 1. The van der Waals surface area contributed by atoms with Crippen LogP contribution in [0.15, 0.2) is 51.5 Å². The number of aryl methyl sites for hydroxylation is 2. The smallest absolute Gasteiger partial charge is 0.330 e. The normalized spacial score (nSPS) is 27.5. The van der Waals surface area contributed by atoms with E-state index >= 15 is 0 Å². The van der Waals surface area contributed by atoms with E-state index in [1.54, 1.807) is 25.4 Å². The Labute approximate surface area is 326 Å². The number of nitrogens with zero attached hydrogens (tertiary/aromatic N) is 8. The number of carbonyl (C=O) groups excluding carboxylic acids is 2. The van der Waals surface area contributed by atoms with Crippen LogP contribution >= 0.6 is 0 Å². The Morgan fingerprint density at radius 2 is 1.82 bits per heavy atom. The molecule has 4 fully saturated rings. The summed E-state index contributed by atoms with van der Waals surface area (Å²) in [6, 6.07) is 4.92. The van der Waals surface area contributed by atoms with Crippen LogP contribution in [-0.4, -0.2) is 125 Å². The van der Waals surface area contributed by atoms with E-state index in [4.69, 9.17) is 20.1 Å². The third-order valence-electron chi connectivity index (χ3n) is 10.6. The van der Waals surface area contributed by atoms with Crippen LogP contribution in [0.1, 0.15) is 73.2 Å². The number of aliphatic hydroxyl groups excluding tert-OH is 4. The highest BCUT2D eigenvalue weighted by Crippen LogP contribution is 2.43. The van der Waals surface area contributed by atoms with Crippen LogP contribution in [0.25, 0.3) is 10.4 Å². The van der Waals surface area contributed by atoms with Gasteiger partial charge in [-0.25, -0.2) is 14.8 Å². The van der Waals surface area contributed by atoms with Crippen LogP contribution in [0, 0.1) is 13.8 Å². The van der Waals surface area contributed by atoms with Crippen LogP contribution in [0.5, 0.6) is 0 Å². The molecule has 5 aliphatic rings. The van der Waals surface area contributed by atoms with E-state index in [2.05, 4.69) is 35.2 Å². The topological polar surface area (TPSA) is 281 Å². The minimum absolute atomic E-state index is 0.117. The lowest BCUT2D eigenvalue weighted by molar-refractivity contribution is -0.179. The van der Waals surface area contributed by atoms with Gasteiger partial charge in [0, 0.05) is 61.0 Å². The van der Waals surface area contributed by atoms with Gasteiger partial charge in [0.05, 0.1) is 42.1 Å². The fraction of sp³-hybridized carbons (Fsp3) is 0.568. The zero-order valence-corrected chi connectivity index (χ0v) is 31.8. The Hall–Kier alpha value is -5.21. The van der Waals surface area contributed by atoms with Gasteiger partial charge in [-0.1, -0.05) is 12.0 Å². The minimum Gasteiger partial charge on any atom is -0.458 e.